The number of aromatic nitrogens is 3. The highest BCUT2D eigenvalue weighted by atomic mass is 32.2. The van der Waals surface area contributed by atoms with Crippen molar-refractivity contribution < 1.29 is 13.2 Å². The van der Waals surface area contributed by atoms with Crippen molar-refractivity contribution in [2.45, 2.75) is 6.42 Å². The number of hydrogen-bond acceptors (Lipinski definition) is 4. The molecule has 2 aromatic rings. The Kier molecular flexibility index (Phi) is 3.78. The van der Waals surface area contributed by atoms with Crippen molar-refractivity contribution in [3.05, 3.63) is 36.3 Å². The first-order valence-corrected chi connectivity index (χ1v) is 8.92. The molecular formula is C14H18N4O3S. The molecule has 1 aliphatic rings. The number of sulfone groups is 1. The lowest BCUT2D eigenvalue weighted by molar-refractivity contribution is 0.0948. The van der Waals surface area contributed by atoms with Gasteiger partial charge in [0.15, 0.2) is 9.84 Å². The van der Waals surface area contributed by atoms with Crippen LogP contribution in [0, 0.1) is 5.92 Å². The first kappa shape index (κ1) is 14.8. The number of amides is 1. The van der Waals surface area contributed by atoms with Crippen molar-refractivity contribution in [3.63, 3.8) is 0 Å². The van der Waals surface area contributed by atoms with Crippen LogP contribution in [0.1, 0.15) is 16.8 Å². The maximum atomic E-state index is 12.4. The molecule has 1 fully saturated rings. The Bertz CT molecular complexity index is 777. The van der Waals surface area contributed by atoms with Crippen LogP contribution in [-0.4, -0.2) is 46.7 Å². The molecule has 7 nitrogen and oxygen atoms in total. The quantitative estimate of drug-likeness (QED) is 0.881. The van der Waals surface area contributed by atoms with Crippen molar-refractivity contribution in [2.75, 3.05) is 18.1 Å². The molecule has 1 saturated heterocycles. The standard InChI is InChI=1S/C14H18N4O3S/c1-17-14(18-5-2-3-6-18)12(9-16-17)13(19)15-8-11-4-7-22(20,21)10-11/h2-3,5-6,9,11H,4,7-8,10H2,1H3,(H,15,19). The average molecular weight is 322 g/mol. The second-order valence-electron chi connectivity index (χ2n) is 5.57. The third-order valence-corrected chi connectivity index (χ3v) is 5.72. The fraction of sp³-hybridized carbons (Fsp3) is 0.429. The number of hydrogen-bond donors (Lipinski definition) is 1. The maximum absolute atomic E-state index is 12.4. The van der Waals surface area contributed by atoms with Crippen LogP contribution in [0.15, 0.2) is 30.7 Å². The summed E-state index contributed by atoms with van der Waals surface area (Å²) in [6.45, 7) is 0.373. The summed E-state index contributed by atoms with van der Waals surface area (Å²) in [6, 6.07) is 3.75. The van der Waals surface area contributed by atoms with Gasteiger partial charge in [-0.1, -0.05) is 0 Å². The Morgan fingerprint density at radius 1 is 1.41 bits per heavy atom. The number of aryl methyl sites for hydroxylation is 1. The van der Waals surface area contributed by atoms with E-state index in [9.17, 15) is 13.2 Å². The molecule has 22 heavy (non-hydrogen) atoms. The molecule has 0 radical (unpaired) electrons. The third kappa shape index (κ3) is 2.92. The molecule has 8 heteroatoms. The van der Waals surface area contributed by atoms with Crippen LogP contribution in [-0.2, 0) is 16.9 Å². The van der Waals surface area contributed by atoms with Gasteiger partial charge >= 0.3 is 0 Å². The normalized spacial score (nSPS) is 20.1. The van der Waals surface area contributed by atoms with Crippen LogP contribution in [0.2, 0.25) is 0 Å². The van der Waals surface area contributed by atoms with E-state index in [0.717, 1.165) is 0 Å². The van der Waals surface area contributed by atoms with Gasteiger partial charge in [0.2, 0.25) is 0 Å². The lowest BCUT2D eigenvalue weighted by atomic mass is 10.1. The number of carbonyl (C=O) groups excluding carboxylic acids is 1. The minimum atomic E-state index is -2.92. The van der Waals surface area contributed by atoms with E-state index in [1.165, 1.54) is 6.20 Å². The monoisotopic (exact) mass is 322 g/mol. The molecule has 0 aliphatic carbocycles. The molecule has 1 N–H and O–H groups in total. The van der Waals surface area contributed by atoms with Gasteiger partial charge in [-0.05, 0) is 24.5 Å². The Hall–Kier alpha value is -2.09. The number of rotatable bonds is 4. The van der Waals surface area contributed by atoms with Crippen molar-refractivity contribution in [1.82, 2.24) is 19.7 Å². The summed E-state index contributed by atoms with van der Waals surface area (Å²) in [4.78, 5) is 12.4. The van der Waals surface area contributed by atoms with Gasteiger partial charge in [-0.25, -0.2) is 8.42 Å². The zero-order valence-electron chi connectivity index (χ0n) is 12.3. The first-order chi connectivity index (χ1) is 10.5. The summed E-state index contributed by atoms with van der Waals surface area (Å²) >= 11 is 0. The average Bonchev–Trinajstić information content (AvgIpc) is 3.16. The summed E-state index contributed by atoms with van der Waals surface area (Å²) in [6.07, 6.45) is 5.82. The van der Waals surface area contributed by atoms with E-state index in [1.807, 2.05) is 29.1 Å². The zero-order chi connectivity index (χ0) is 15.7. The molecule has 0 aromatic carbocycles. The van der Waals surface area contributed by atoms with Crippen molar-refractivity contribution >= 4 is 15.7 Å². The molecule has 0 saturated carbocycles. The van der Waals surface area contributed by atoms with E-state index in [4.69, 9.17) is 0 Å². The third-order valence-electron chi connectivity index (χ3n) is 3.88. The van der Waals surface area contributed by atoms with Gasteiger partial charge in [0.1, 0.15) is 11.4 Å². The highest BCUT2D eigenvalue weighted by Gasteiger charge is 2.28. The maximum Gasteiger partial charge on any atom is 0.256 e. The molecule has 1 amide bonds. The largest absolute Gasteiger partial charge is 0.352 e. The van der Waals surface area contributed by atoms with Crippen molar-refractivity contribution in [1.29, 1.82) is 0 Å². The van der Waals surface area contributed by atoms with E-state index >= 15 is 0 Å². The molecule has 3 rings (SSSR count). The van der Waals surface area contributed by atoms with E-state index in [-0.39, 0.29) is 23.3 Å². The minimum Gasteiger partial charge on any atom is -0.352 e. The molecule has 118 valence electrons. The second-order valence-corrected chi connectivity index (χ2v) is 7.80. The number of nitrogens with one attached hydrogen (secondary N) is 1. The van der Waals surface area contributed by atoms with Gasteiger partial charge in [-0.3, -0.25) is 9.48 Å². The summed E-state index contributed by atoms with van der Waals surface area (Å²) in [5, 5.41) is 6.96. The molecule has 0 bridgehead atoms. The fourth-order valence-corrected chi connectivity index (χ4v) is 4.60. The van der Waals surface area contributed by atoms with E-state index < -0.39 is 9.84 Å². The Morgan fingerprint density at radius 3 is 2.77 bits per heavy atom. The highest BCUT2D eigenvalue weighted by molar-refractivity contribution is 7.91. The molecule has 0 spiro atoms. The molecule has 1 aliphatic heterocycles. The van der Waals surface area contributed by atoms with Crippen molar-refractivity contribution in [2.24, 2.45) is 13.0 Å². The van der Waals surface area contributed by atoms with Gasteiger partial charge in [0, 0.05) is 26.0 Å². The fourth-order valence-electron chi connectivity index (χ4n) is 2.74. The van der Waals surface area contributed by atoms with Crippen LogP contribution < -0.4 is 5.32 Å². The molecular weight excluding hydrogens is 304 g/mol. The van der Waals surface area contributed by atoms with Gasteiger partial charge in [-0.2, -0.15) is 5.10 Å². The van der Waals surface area contributed by atoms with E-state index in [0.29, 0.717) is 24.3 Å². The Balaban J connectivity index is 1.71. The lowest BCUT2D eigenvalue weighted by Gasteiger charge is -2.11. The van der Waals surface area contributed by atoms with Gasteiger partial charge in [0.05, 0.1) is 17.7 Å². The number of nitrogens with zero attached hydrogens (tertiary/aromatic N) is 3. The molecule has 2 aromatic heterocycles. The lowest BCUT2D eigenvalue weighted by Crippen LogP contribution is -2.30. The van der Waals surface area contributed by atoms with Crippen LogP contribution in [0.25, 0.3) is 5.82 Å². The van der Waals surface area contributed by atoms with Gasteiger partial charge in [0.25, 0.3) is 5.91 Å². The van der Waals surface area contributed by atoms with E-state index in [1.54, 1.807) is 11.7 Å². The van der Waals surface area contributed by atoms with Gasteiger partial charge < -0.3 is 9.88 Å². The molecule has 1 unspecified atom stereocenters. The van der Waals surface area contributed by atoms with Crippen LogP contribution >= 0.6 is 0 Å². The van der Waals surface area contributed by atoms with Crippen LogP contribution in [0.3, 0.4) is 0 Å². The zero-order valence-corrected chi connectivity index (χ0v) is 13.1. The first-order valence-electron chi connectivity index (χ1n) is 7.10. The Labute approximate surface area is 128 Å². The summed E-state index contributed by atoms with van der Waals surface area (Å²) < 4.78 is 26.3. The molecule has 3 heterocycles. The topological polar surface area (TPSA) is 86.0 Å². The van der Waals surface area contributed by atoms with Crippen LogP contribution in [0.5, 0.6) is 0 Å². The summed E-state index contributed by atoms with van der Waals surface area (Å²) in [5.74, 6) is 0.822. The number of carbonyl (C=O) groups is 1. The Morgan fingerprint density at radius 2 is 2.14 bits per heavy atom. The molecule has 1 atom stereocenters. The smallest absolute Gasteiger partial charge is 0.256 e. The minimum absolute atomic E-state index is 0.000602. The highest BCUT2D eigenvalue weighted by Crippen LogP contribution is 2.18. The van der Waals surface area contributed by atoms with Crippen molar-refractivity contribution in [3.8, 4) is 5.82 Å². The van der Waals surface area contributed by atoms with Crippen LogP contribution in [0.4, 0.5) is 0 Å². The summed E-state index contributed by atoms with van der Waals surface area (Å²) in [5.41, 5.74) is 0.472. The predicted molar refractivity (Wildman–Crippen MR) is 81.6 cm³/mol. The summed E-state index contributed by atoms with van der Waals surface area (Å²) in [7, 11) is -1.15. The second kappa shape index (κ2) is 5.60. The van der Waals surface area contributed by atoms with Gasteiger partial charge in [-0.15, -0.1) is 0 Å². The predicted octanol–water partition coefficient (Wildman–Crippen LogP) is 0.375. The van der Waals surface area contributed by atoms with E-state index in [2.05, 4.69) is 10.4 Å². The SMILES string of the molecule is Cn1ncc(C(=O)NCC2CCS(=O)(=O)C2)c1-n1cccc1.